The molecule has 0 saturated carbocycles. The standard InChI is InChI=1S/C14H26N2O7/c1-13(2,3)23-12(19)16-8(6-17)10-9(7-20-11(15)18)21-14(4,5)22-10/h8-10,17H,6-7H2,1-5H3,(H2,15,18)(H,16,19)/t8-,9-,10+/m1/s1. The Morgan fingerprint density at radius 2 is 1.96 bits per heavy atom. The number of hydrogen-bond acceptors (Lipinski definition) is 7. The van der Waals surface area contributed by atoms with Gasteiger partial charge >= 0.3 is 12.2 Å². The molecule has 0 aliphatic carbocycles. The van der Waals surface area contributed by atoms with Crippen molar-refractivity contribution in [2.24, 2.45) is 5.73 Å². The molecule has 134 valence electrons. The Morgan fingerprint density at radius 3 is 2.43 bits per heavy atom. The first-order valence-electron chi connectivity index (χ1n) is 7.32. The maximum absolute atomic E-state index is 11.9. The molecule has 0 unspecified atom stereocenters. The van der Waals surface area contributed by atoms with Gasteiger partial charge in [-0.05, 0) is 34.6 Å². The number of alkyl carbamates (subject to hydrolysis) is 1. The lowest BCUT2D eigenvalue weighted by atomic mass is 10.1. The molecule has 1 heterocycles. The molecule has 1 aliphatic rings. The lowest BCUT2D eigenvalue weighted by molar-refractivity contribution is -0.151. The second-order valence-corrected chi connectivity index (χ2v) is 6.70. The molecular formula is C14H26N2O7. The second-order valence-electron chi connectivity index (χ2n) is 6.70. The topological polar surface area (TPSA) is 129 Å². The van der Waals surface area contributed by atoms with Gasteiger partial charge in [-0.15, -0.1) is 0 Å². The van der Waals surface area contributed by atoms with E-state index in [1.54, 1.807) is 34.6 Å². The number of primary amides is 1. The van der Waals surface area contributed by atoms with Crippen molar-refractivity contribution in [1.29, 1.82) is 0 Å². The Kier molecular flexibility index (Phi) is 6.20. The van der Waals surface area contributed by atoms with Crippen molar-refractivity contribution in [1.82, 2.24) is 5.32 Å². The SMILES string of the molecule is CC(C)(C)OC(=O)N[C@H](CO)[C@@H]1OC(C)(C)O[C@@H]1COC(N)=O. The molecule has 1 saturated heterocycles. The quantitative estimate of drug-likeness (QED) is 0.667. The third-order valence-corrected chi connectivity index (χ3v) is 2.91. The van der Waals surface area contributed by atoms with Crippen LogP contribution in [0.1, 0.15) is 34.6 Å². The largest absolute Gasteiger partial charge is 0.447 e. The fraction of sp³-hybridized carbons (Fsp3) is 0.857. The van der Waals surface area contributed by atoms with E-state index in [1.807, 2.05) is 0 Å². The maximum Gasteiger partial charge on any atom is 0.408 e. The average Bonchev–Trinajstić information content (AvgIpc) is 2.66. The lowest BCUT2D eigenvalue weighted by Crippen LogP contribution is -2.52. The molecule has 0 aromatic rings. The number of hydrogen-bond donors (Lipinski definition) is 3. The fourth-order valence-corrected chi connectivity index (χ4v) is 2.19. The van der Waals surface area contributed by atoms with Gasteiger partial charge in [0.2, 0.25) is 0 Å². The van der Waals surface area contributed by atoms with Gasteiger partial charge in [-0.3, -0.25) is 0 Å². The van der Waals surface area contributed by atoms with Gasteiger partial charge in [0.15, 0.2) is 5.79 Å². The molecule has 3 atom stereocenters. The normalized spacial score (nSPS) is 24.8. The summed E-state index contributed by atoms with van der Waals surface area (Å²) in [6.07, 6.45) is -3.07. The molecule has 0 aromatic heterocycles. The third-order valence-electron chi connectivity index (χ3n) is 2.91. The van der Waals surface area contributed by atoms with E-state index in [-0.39, 0.29) is 6.61 Å². The molecule has 4 N–H and O–H groups in total. The van der Waals surface area contributed by atoms with Gasteiger partial charge in [-0.2, -0.15) is 0 Å². The van der Waals surface area contributed by atoms with Gasteiger partial charge < -0.3 is 35.1 Å². The second kappa shape index (κ2) is 7.33. The number of aliphatic hydroxyl groups is 1. The number of nitrogens with two attached hydrogens (primary N) is 1. The van der Waals surface area contributed by atoms with Crippen LogP contribution in [0.5, 0.6) is 0 Å². The van der Waals surface area contributed by atoms with Crippen LogP contribution in [-0.4, -0.2) is 60.1 Å². The van der Waals surface area contributed by atoms with Gasteiger partial charge in [-0.25, -0.2) is 9.59 Å². The predicted molar refractivity (Wildman–Crippen MR) is 79.6 cm³/mol. The van der Waals surface area contributed by atoms with Crippen LogP contribution in [0.3, 0.4) is 0 Å². The van der Waals surface area contributed by atoms with Crippen molar-refractivity contribution in [2.45, 2.75) is 64.3 Å². The first kappa shape index (κ1) is 19.5. The summed E-state index contributed by atoms with van der Waals surface area (Å²) in [5.74, 6) is -0.959. The summed E-state index contributed by atoms with van der Waals surface area (Å²) in [4.78, 5) is 22.6. The van der Waals surface area contributed by atoms with Crippen LogP contribution in [0.25, 0.3) is 0 Å². The smallest absolute Gasteiger partial charge is 0.408 e. The van der Waals surface area contributed by atoms with E-state index in [1.165, 1.54) is 0 Å². The highest BCUT2D eigenvalue weighted by Crippen LogP contribution is 2.30. The molecule has 23 heavy (non-hydrogen) atoms. The van der Waals surface area contributed by atoms with Crippen molar-refractivity contribution in [3.05, 3.63) is 0 Å². The maximum atomic E-state index is 11.9. The first-order valence-corrected chi connectivity index (χ1v) is 7.32. The molecule has 9 nitrogen and oxygen atoms in total. The number of aliphatic hydroxyl groups excluding tert-OH is 1. The molecule has 1 fully saturated rings. The van der Waals surface area contributed by atoms with Crippen LogP contribution >= 0.6 is 0 Å². The van der Waals surface area contributed by atoms with Crippen molar-refractivity contribution < 1.29 is 33.6 Å². The minimum absolute atomic E-state index is 0.157. The van der Waals surface area contributed by atoms with Gasteiger partial charge in [0.25, 0.3) is 0 Å². The Balaban J connectivity index is 2.75. The molecule has 0 aromatic carbocycles. The number of amides is 2. The minimum atomic E-state index is -0.959. The van der Waals surface area contributed by atoms with Crippen LogP contribution < -0.4 is 11.1 Å². The van der Waals surface area contributed by atoms with Crippen LogP contribution in [0.2, 0.25) is 0 Å². The zero-order valence-corrected chi connectivity index (χ0v) is 14.1. The average molecular weight is 334 g/mol. The van der Waals surface area contributed by atoms with E-state index in [0.717, 1.165) is 0 Å². The van der Waals surface area contributed by atoms with E-state index < -0.39 is 48.4 Å². The van der Waals surface area contributed by atoms with Gasteiger partial charge in [0, 0.05) is 0 Å². The Labute approximate surface area is 135 Å². The van der Waals surface area contributed by atoms with E-state index in [9.17, 15) is 14.7 Å². The number of nitrogens with one attached hydrogen (secondary N) is 1. The third kappa shape index (κ3) is 6.59. The molecule has 1 aliphatic heterocycles. The Hall–Kier alpha value is -1.58. The van der Waals surface area contributed by atoms with Crippen molar-refractivity contribution in [2.75, 3.05) is 13.2 Å². The summed E-state index contributed by atoms with van der Waals surface area (Å²) < 4.78 is 21.2. The summed E-state index contributed by atoms with van der Waals surface area (Å²) in [6, 6.07) is -0.798. The molecule has 1 rings (SSSR count). The van der Waals surface area contributed by atoms with Crippen molar-refractivity contribution >= 4 is 12.2 Å². The molecular weight excluding hydrogens is 308 g/mol. The summed E-state index contributed by atoms with van der Waals surface area (Å²) in [7, 11) is 0. The molecule has 0 radical (unpaired) electrons. The lowest BCUT2D eigenvalue weighted by Gasteiger charge is -2.27. The van der Waals surface area contributed by atoms with Gasteiger partial charge in [0.05, 0.1) is 12.6 Å². The van der Waals surface area contributed by atoms with E-state index >= 15 is 0 Å². The molecule has 9 heteroatoms. The number of carbonyl (C=O) groups is 2. The van der Waals surface area contributed by atoms with Crippen molar-refractivity contribution in [3.8, 4) is 0 Å². The number of carbonyl (C=O) groups excluding carboxylic acids is 2. The first-order chi connectivity index (χ1) is 10.4. The minimum Gasteiger partial charge on any atom is -0.447 e. The Bertz CT molecular complexity index is 433. The molecule has 2 amide bonds. The number of rotatable bonds is 5. The Morgan fingerprint density at radius 1 is 1.35 bits per heavy atom. The fourth-order valence-electron chi connectivity index (χ4n) is 2.19. The summed E-state index contributed by atoms with van der Waals surface area (Å²) in [6.45, 7) is 7.96. The molecule has 0 bridgehead atoms. The summed E-state index contributed by atoms with van der Waals surface area (Å²) in [5, 5.41) is 12.1. The van der Waals surface area contributed by atoms with E-state index in [4.69, 9.17) is 24.7 Å². The van der Waals surface area contributed by atoms with Crippen LogP contribution in [0.4, 0.5) is 9.59 Å². The van der Waals surface area contributed by atoms with E-state index in [2.05, 4.69) is 5.32 Å². The summed E-state index contributed by atoms with van der Waals surface area (Å²) in [5.41, 5.74) is 4.27. The molecule has 0 spiro atoms. The van der Waals surface area contributed by atoms with Crippen LogP contribution in [0.15, 0.2) is 0 Å². The van der Waals surface area contributed by atoms with Crippen LogP contribution in [0, 0.1) is 0 Å². The van der Waals surface area contributed by atoms with E-state index in [0.29, 0.717) is 0 Å². The number of ether oxygens (including phenoxy) is 4. The highest BCUT2D eigenvalue weighted by molar-refractivity contribution is 5.68. The van der Waals surface area contributed by atoms with Gasteiger partial charge in [-0.1, -0.05) is 0 Å². The monoisotopic (exact) mass is 334 g/mol. The van der Waals surface area contributed by atoms with Gasteiger partial charge in [0.1, 0.15) is 24.4 Å². The van der Waals surface area contributed by atoms with Crippen molar-refractivity contribution in [3.63, 3.8) is 0 Å². The highest BCUT2D eigenvalue weighted by Gasteiger charge is 2.46. The van der Waals surface area contributed by atoms with Crippen LogP contribution in [-0.2, 0) is 18.9 Å². The summed E-state index contributed by atoms with van der Waals surface area (Å²) >= 11 is 0. The highest BCUT2D eigenvalue weighted by atomic mass is 16.8. The predicted octanol–water partition coefficient (Wildman–Crippen LogP) is 0.487. The zero-order valence-electron chi connectivity index (χ0n) is 14.1. The zero-order chi connectivity index (χ0) is 17.8.